The predicted molar refractivity (Wildman–Crippen MR) is 77.8 cm³/mol. The normalized spacial score (nSPS) is 12.7. The second-order valence-electron chi connectivity index (χ2n) is 5.11. The van der Waals surface area contributed by atoms with Crippen LogP contribution in [0.25, 0.3) is 5.65 Å². The van der Waals surface area contributed by atoms with Crippen molar-refractivity contribution in [2.45, 2.75) is 32.7 Å². The van der Waals surface area contributed by atoms with Crippen molar-refractivity contribution in [3.63, 3.8) is 0 Å². The first kappa shape index (κ1) is 12.7. The molecule has 0 aliphatic carbocycles. The molecule has 5 nitrogen and oxygen atoms in total. The number of rotatable bonds is 5. The van der Waals surface area contributed by atoms with Crippen LogP contribution in [0.4, 0.5) is 5.95 Å². The van der Waals surface area contributed by atoms with Crippen LogP contribution in [0, 0.1) is 6.92 Å². The Morgan fingerprint density at radius 3 is 3.05 bits per heavy atom. The Morgan fingerprint density at radius 2 is 2.25 bits per heavy atom. The van der Waals surface area contributed by atoms with Crippen LogP contribution < -0.4 is 5.32 Å². The van der Waals surface area contributed by atoms with E-state index < -0.39 is 0 Å². The molecule has 3 aromatic rings. The molecule has 1 unspecified atom stereocenters. The number of anilines is 1. The monoisotopic (exact) mass is 270 g/mol. The average molecular weight is 270 g/mol. The molecule has 104 valence electrons. The molecule has 3 heterocycles. The van der Waals surface area contributed by atoms with E-state index in [1.165, 1.54) is 5.56 Å². The molecule has 0 aromatic carbocycles. The van der Waals surface area contributed by atoms with E-state index in [-0.39, 0.29) is 0 Å². The van der Waals surface area contributed by atoms with Crippen LogP contribution in [0.1, 0.15) is 24.7 Å². The smallest absolute Gasteiger partial charge is 0.243 e. The third-order valence-electron chi connectivity index (χ3n) is 3.26. The van der Waals surface area contributed by atoms with Crippen molar-refractivity contribution in [3.8, 4) is 0 Å². The molecule has 1 atom stereocenters. The number of aromatic nitrogens is 3. The molecule has 0 saturated carbocycles. The van der Waals surface area contributed by atoms with Crippen molar-refractivity contribution in [3.05, 3.63) is 48.0 Å². The zero-order chi connectivity index (χ0) is 13.9. The molecule has 0 aliphatic rings. The predicted octanol–water partition coefficient (Wildman–Crippen LogP) is 3.06. The summed E-state index contributed by atoms with van der Waals surface area (Å²) in [5, 5.41) is 7.76. The van der Waals surface area contributed by atoms with Gasteiger partial charge in [0.15, 0.2) is 5.65 Å². The van der Waals surface area contributed by atoms with Gasteiger partial charge in [-0.1, -0.05) is 6.07 Å². The maximum atomic E-state index is 5.33. The number of nitrogens with one attached hydrogen (secondary N) is 1. The van der Waals surface area contributed by atoms with Crippen molar-refractivity contribution in [1.29, 1.82) is 0 Å². The topological polar surface area (TPSA) is 55.4 Å². The molecule has 0 fully saturated rings. The quantitative estimate of drug-likeness (QED) is 0.774. The van der Waals surface area contributed by atoms with Gasteiger partial charge in [-0.3, -0.25) is 0 Å². The third kappa shape index (κ3) is 2.82. The summed E-state index contributed by atoms with van der Waals surface area (Å²) in [7, 11) is 0. The Bertz CT molecular complexity index is 687. The Morgan fingerprint density at radius 1 is 1.35 bits per heavy atom. The third-order valence-corrected chi connectivity index (χ3v) is 3.26. The number of aryl methyl sites for hydroxylation is 2. The maximum absolute atomic E-state index is 5.33. The van der Waals surface area contributed by atoms with E-state index in [0.717, 1.165) is 24.2 Å². The lowest BCUT2D eigenvalue weighted by Gasteiger charge is -2.10. The maximum Gasteiger partial charge on any atom is 0.243 e. The van der Waals surface area contributed by atoms with E-state index in [4.69, 9.17) is 4.42 Å². The zero-order valence-electron chi connectivity index (χ0n) is 11.7. The average Bonchev–Trinajstić information content (AvgIpc) is 3.04. The van der Waals surface area contributed by atoms with Gasteiger partial charge in [0.2, 0.25) is 5.95 Å². The fourth-order valence-corrected chi connectivity index (χ4v) is 2.15. The molecule has 0 radical (unpaired) electrons. The summed E-state index contributed by atoms with van der Waals surface area (Å²) in [6.45, 7) is 4.17. The van der Waals surface area contributed by atoms with Crippen LogP contribution >= 0.6 is 0 Å². The van der Waals surface area contributed by atoms with Gasteiger partial charge in [0.1, 0.15) is 5.76 Å². The van der Waals surface area contributed by atoms with Crippen LogP contribution in [-0.2, 0) is 6.42 Å². The first-order valence-electron chi connectivity index (χ1n) is 6.82. The summed E-state index contributed by atoms with van der Waals surface area (Å²) < 4.78 is 7.13. The van der Waals surface area contributed by atoms with Crippen LogP contribution in [0.15, 0.2) is 41.1 Å². The van der Waals surface area contributed by atoms with Crippen LogP contribution in [0.2, 0.25) is 0 Å². The SMILES string of the molecule is Cc1ccc2nc(NC(C)CCc3ccco3)nn2c1. The first-order chi connectivity index (χ1) is 9.70. The van der Waals surface area contributed by atoms with E-state index in [1.807, 2.05) is 37.4 Å². The van der Waals surface area contributed by atoms with Crippen LogP contribution in [0.3, 0.4) is 0 Å². The minimum Gasteiger partial charge on any atom is -0.469 e. The molecule has 3 rings (SSSR count). The van der Waals surface area contributed by atoms with Gasteiger partial charge in [0, 0.05) is 18.7 Å². The van der Waals surface area contributed by atoms with Crippen molar-refractivity contribution in [2.75, 3.05) is 5.32 Å². The van der Waals surface area contributed by atoms with Crippen molar-refractivity contribution in [2.24, 2.45) is 0 Å². The lowest BCUT2D eigenvalue weighted by Crippen LogP contribution is -2.16. The lowest BCUT2D eigenvalue weighted by molar-refractivity contribution is 0.494. The number of hydrogen-bond acceptors (Lipinski definition) is 4. The van der Waals surface area contributed by atoms with Crippen LogP contribution in [0.5, 0.6) is 0 Å². The minimum absolute atomic E-state index is 0.290. The highest BCUT2D eigenvalue weighted by Crippen LogP contribution is 2.11. The van der Waals surface area contributed by atoms with Gasteiger partial charge in [-0.15, -0.1) is 5.10 Å². The van der Waals surface area contributed by atoms with Crippen molar-refractivity contribution in [1.82, 2.24) is 14.6 Å². The van der Waals surface area contributed by atoms with E-state index in [9.17, 15) is 0 Å². The Kier molecular flexibility index (Phi) is 3.41. The van der Waals surface area contributed by atoms with Gasteiger partial charge >= 0.3 is 0 Å². The number of furan rings is 1. The molecular formula is C15H18N4O. The van der Waals surface area contributed by atoms with Gasteiger partial charge < -0.3 is 9.73 Å². The Balaban J connectivity index is 1.63. The van der Waals surface area contributed by atoms with Gasteiger partial charge in [-0.2, -0.15) is 4.98 Å². The molecule has 0 spiro atoms. The molecule has 0 saturated heterocycles. The van der Waals surface area contributed by atoms with E-state index in [1.54, 1.807) is 10.8 Å². The summed E-state index contributed by atoms with van der Waals surface area (Å²) in [6.07, 6.45) is 5.57. The Labute approximate surface area is 117 Å². The highest BCUT2D eigenvalue weighted by molar-refractivity contribution is 5.44. The first-order valence-corrected chi connectivity index (χ1v) is 6.82. The van der Waals surface area contributed by atoms with Crippen molar-refractivity contribution >= 4 is 11.6 Å². The number of nitrogens with zero attached hydrogens (tertiary/aromatic N) is 3. The highest BCUT2D eigenvalue weighted by atomic mass is 16.3. The molecule has 0 amide bonds. The second kappa shape index (κ2) is 5.36. The molecule has 0 bridgehead atoms. The fraction of sp³-hybridized carbons (Fsp3) is 0.333. The summed E-state index contributed by atoms with van der Waals surface area (Å²) in [5.41, 5.74) is 2.02. The molecule has 3 aromatic heterocycles. The summed E-state index contributed by atoms with van der Waals surface area (Å²) in [5.74, 6) is 1.68. The van der Waals surface area contributed by atoms with Gasteiger partial charge in [-0.05, 0) is 44.0 Å². The second-order valence-corrected chi connectivity index (χ2v) is 5.11. The lowest BCUT2D eigenvalue weighted by atomic mass is 10.1. The van der Waals surface area contributed by atoms with Crippen LogP contribution in [-0.4, -0.2) is 20.6 Å². The highest BCUT2D eigenvalue weighted by Gasteiger charge is 2.08. The van der Waals surface area contributed by atoms with Gasteiger partial charge in [0.25, 0.3) is 0 Å². The summed E-state index contributed by atoms with van der Waals surface area (Å²) >= 11 is 0. The van der Waals surface area contributed by atoms with Gasteiger partial charge in [-0.25, -0.2) is 4.52 Å². The van der Waals surface area contributed by atoms with E-state index in [2.05, 4.69) is 22.3 Å². The summed E-state index contributed by atoms with van der Waals surface area (Å²) in [6, 6.07) is 8.21. The van der Waals surface area contributed by atoms with Gasteiger partial charge in [0.05, 0.1) is 6.26 Å². The molecule has 5 heteroatoms. The molecule has 0 aliphatic heterocycles. The van der Waals surface area contributed by atoms with Crippen molar-refractivity contribution < 1.29 is 4.42 Å². The minimum atomic E-state index is 0.290. The Hall–Kier alpha value is -2.30. The number of fused-ring (bicyclic) bond motifs is 1. The van der Waals surface area contributed by atoms with E-state index in [0.29, 0.717) is 12.0 Å². The largest absolute Gasteiger partial charge is 0.469 e. The zero-order valence-corrected chi connectivity index (χ0v) is 11.7. The molecule has 1 N–H and O–H groups in total. The fourth-order valence-electron chi connectivity index (χ4n) is 2.15. The molecule has 20 heavy (non-hydrogen) atoms. The summed E-state index contributed by atoms with van der Waals surface area (Å²) in [4.78, 5) is 4.46. The molecular weight excluding hydrogens is 252 g/mol. The van der Waals surface area contributed by atoms with E-state index >= 15 is 0 Å². The number of hydrogen-bond donors (Lipinski definition) is 1. The number of pyridine rings is 1. The standard InChI is InChI=1S/C15H18N4O/c1-11-5-8-14-17-15(18-19(14)10-11)16-12(2)6-7-13-4-3-9-20-13/h3-5,8-10,12H,6-7H2,1-2H3,(H,16,18).